The summed E-state index contributed by atoms with van der Waals surface area (Å²) in [5.74, 6) is 2.59. The number of carbonyl (C=O) groups is 1. The number of ether oxygens (including phenoxy) is 1. The van der Waals surface area contributed by atoms with Gasteiger partial charge in [0.15, 0.2) is 0 Å². The summed E-state index contributed by atoms with van der Waals surface area (Å²) in [7, 11) is 2.11. The van der Waals surface area contributed by atoms with Crippen LogP contribution in [0.25, 0.3) is 11.0 Å². The number of aromatic amines is 1. The van der Waals surface area contributed by atoms with Crippen molar-refractivity contribution >= 4 is 22.9 Å². The van der Waals surface area contributed by atoms with Crippen LogP contribution in [-0.2, 0) is 0 Å². The van der Waals surface area contributed by atoms with Crippen molar-refractivity contribution in [2.24, 2.45) is 11.8 Å². The molecule has 1 aliphatic heterocycles. The van der Waals surface area contributed by atoms with Crippen LogP contribution >= 0.6 is 0 Å². The van der Waals surface area contributed by atoms with E-state index in [2.05, 4.69) is 26.9 Å². The second kappa shape index (κ2) is 6.82. The fourth-order valence-electron chi connectivity index (χ4n) is 4.70. The third-order valence-electron chi connectivity index (χ3n) is 6.15. The van der Waals surface area contributed by atoms with E-state index < -0.39 is 0 Å². The molecule has 5 rings (SSSR count). The lowest BCUT2D eigenvalue weighted by molar-refractivity contribution is 0.159. The highest BCUT2D eigenvalue weighted by molar-refractivity contribution is 5.87. The minimum absolute atomic E-state index is 0.240. The number of hydrogen-bond acceptors (Lipinski definition) is 5. The second-order valence-electron chi connectivity index (χ2n) is 7.78. The average molecular weight is 377 g/mol. The van der Waals surface area contributed by atoms with Gasteiger partial charge in [-0.15, -0.1) is 0 Å². The standard InChI is InChI=1S/C21H23N5O2/c1-25(20-18-7-8-22-19(18)23-13-24-20)16-9-14-11-26(12-15(14)10-16)21(27)28-17-5-3-2-4-6-17/h2-8,13-16H,9-12H2,1H3,(H,22,23,24). The van der Waals surface area contributed by atoms with Crippen LogP contribution in [0, 0.1) is 11.8 Å². The Morgan fingerprint density at radius 1 is 1.14 bits per heavy atom. The molecule has 1 N–H and O–H groups in total. The van der Waals surface area contributed by atoms with E-state index in [-0.39, 0.29) is 6.09 Å². The number of H-pyrrole nitrogens is 1. The number of para-hydroxylation sites is 1. The van der Waals surface area contributed by atoms with Gasteiger partial charge in [-0.3, -0.25) is 0 Å². The third kappa shape index (κ3) is 2.96. The van der Waals surface area contributed by atoms with E-state index in [9.17, 15) is 4.79 Å². The van der Waals surface area contributed by atoms with Crippen LogP contribution in [0.5, 0.6) is 5.75 Å². The molecule has 0 spiro atoms. The van der Waals surface area contributed by atoms with E-state index in [0.717, 1.165) is 42.8 Å². The number of rotatable bonds is 3. The van der Waals surface area contributed by atoms with Gasteiger partial charge in [-0.2, -0.15) is 0 Å². The van der Waals surface area contributed by atoms with E-state index in [1.807, 2.05) is 47.5 Å². The van der Waals surface area contributed by atoms with Crippen LogP contribution in [0.3, 0.4) is 0 Å². The molecule has 3 aromatic rings. The van der Waals surface area contributed by atoms with Crippen molar-refractivity contribution in [2.45, 2.75) is 18.9 Å². The highest BCUT2D eigenvalue weighted by atomic mass is 16.6. The molecule has 144 valence electrons. The predicted octanol–water partition coefficient (Wildman–Crippen LogP) is 3.30. The maximum atomic E-state index is 12.5. The molecule has 3 heterocycles. The van der Waals surface area contributed by atoms with E-state index in [1.54, 1.807) is 6.33 Å². The molecule has 1 saturated carbocycles. The molecule has 7 heteroatoms. The van der Waals surface area contributed by atoms with E-state index in [0.29, 0.717) is 23.6 Å². The first-order chi connectivity index (χ1) is 13.7. The SMILES string of the molecule is CN(c1ncnc2[nH]ccc12)C1CC2CN(C(=O)Oc3ccccc3)CC2C1. The van der Waals surface area contributed by atoms with E-state index in [1.165, 1.54) is 0 Å². The molecule has 2 unspecified atom stereocenters. The Morgan fingerprint density at radius 2 is 1.89 bits per heavy atom. The minimum atomic E-state index is -0.240. The van der Waals surface area contributed by atoms with Gasteiger partial charge in [0, 0.05) is 32.4 Å². The maximum absolute atomic E-state index is 12.5. The quantitative estimate of drug-likeness (QED) is 0.758. The lowest BCUT2D eigenvalue weighted by Gasteiger charge is -2.27. The molecule has 0 bridgehead atoms. The van der Waals surface area contributed by atoms with Gasteiger partial charge < -0.3 is 19.5 Å². The van der Waals surface area contributed by atoms with Crippen molar-refractivity contribution in [2.75, 3.05) is 25.0 Å². The summed E-state index contributed by atoms with van der Waals surface area (Å²) in [4.78, 5) is 28.6. The highest BCUT2D eigenvalue weighted by Crippen LogP contribution is 2.41. The van der Waals surface area contributed by atoms with Crippen molar-refractivity contribution < 1.29 is 9.53 Å². The zero-order valence-electron chi connectivity index (χ0n) is 15.8. The lowest BCUT2D eigenvalue weighted by atomic mass is 10.0. The first kappa shape index (κ1) is 17.0. The topological polar surface area (TPSA) is 74.4 Å². The van der Waals surface area contributed by atoms with Crippen LogP contribution < -0.4 is 9.64 Å². The molecule has 2 atom stereocenters. The molecule has 2 fully saturated rings. The summed E-state index contributed by atoms with van der Waals surface area (Å²) in [6.07, 6.45) is 5.39. The Labute approximate surface area is 163 Å². The molecular formula is C21H23N5O2. The second-order valence-corrected chi connectivity index (χ2v) is 7.78. The Morgan fingerprint density at radius 3 is 2.64 bits per heavy atom. The number of aromatic nitrogens is 3. The molecule has 2 aromatic heterocycles. The van der Waals surface area contributed by atoms with Gasteiger partial charge >= 0.3 is 6.09 Å². The number of likely N-dealkylation sites (tertiary alicyclic amines) is 1. The van der Waals surface area contributed by atoms with Gasteiger partial charge in [-0.1, -0.05) is 18.2 Å². The molecule has 0 radical (unpaired) electrons. The summed E-state index contributed by atoms with van der Waals surface area (Å²) < 4.78 is 5.50. The largest absolute Gasteiger partial charge is 0.415 e. The fourth-order valence-corrected chi connectivity index (χ4v) is 4.70. The van der Waals surface area contributed by atoms with E-state index in [4.69, 9.17) is 4.74 Å². The van der Waals surface area contributed by atoms with Crippen LogP contribution in [0.4, 0.5) is 10.6 Å². The minimum Gasteiger partial charge on any atom is -0.410 e. The van der Waals surface area contributed by atoms with Crippen LogP contribution in [0.15, 0.2) is 48.9 Å². The smallest absolute Gasteiger partial charge is 0.410 e. The zero-order chi connectivity index (χ0) is 19.1. The van der Waals surface area contributed by atoms with Crippen LogP contribution in [-0.4, -0.2) is 52.1 Å². The van der Waals surface area contributed by atoms with Crippen molar-refractivity contribution in [1.29, 1.82) is 0 Å². The normalized spacial score (nSPS) is 23.8. The number of amides is 1. The number of anilines is 1. The zero-order valence-corrected chi connectivity index (χ0v) is 15.8. The van der Waals surface area contributed by atoms with E-state index >= 15 is 0 Å². The van der Waals surface area contributed by atoms with Crippen LogP contribution in [0.2, 0.25) is 0 Å². The Bertz CT molecular complexity index is 975. The first-order valence-electron chi connectivity index (χ1n) is 9.72. The summed E-state index contributed by atoms with van der Waals surface area (Å²) in [6.45, 7) is 1.54. The summed E-state index contributed by atoms with van der Waals surface area (Å²) in [5.41, 5.74) is 0.866. The van der Waals surface area contributed by atoms with Gasteiger partial charge in [0.25, 0.3) is 0 Å². The van der Waals surface area contributed by atoms with Gasteiger partial charge in [0.1, 0.15) is 23.5 Å². The lowest BCUT2D eigenvalue weighted by Crippen LogP contribution is -2.35. The molecule has 28 heavy (non-hydrogen) atoms. The number of benzene rings is 1. The Kier molecular flexibility index (Phi) is 4.15. The van der Waals surface area contributed by atoms with Crippen LogP contribution in [0.1, 0.15) is 12.8 Å². The first-order valence-corrected chi connectivity index (χ1v) is 9.72. The number of carbonyl (C=O) groups excluding carboxylic acids is 1. The number of nitrogens with one attached hydrogen (secondary N) is 1. The summed E-state index contributed by atoms with van der Waals surface area (Å²) in [5, 5.41) is 1.05. The maximum Gasteiger partial charge on any atom is 0.415 e. The molecule has 1 aromatic carbocycles. The number of fused-ring (bicyclic) bond motifs is 2. The van der Waals surface area contributed by atoms with Crippen molar-refractivity contribution in [3.05, 3.63) is 48.9 Å². The van der Waals surface area contributed by atoms with Gasteiger partial charge in [-0.05, 0) is 42.9 Å². The van der Waals surface area contributed by atoms with Gasteiger partial charge in [-0.25, -0.2) is 14.8 Å². The summed E-state index contributed by atoms with van der Waals surface area (Å²) >= 11 is 0. The van der Waals surface area contributed by atoms with Gasteiger partial charge in [0.2, 0.25) is 0 Å². The van der Waals surface area contributed by atoms with Crippen molar-refractivity contribution in [1.82, 2.24) is 19.9 Å². The molecule has 1 amide bonds. The number of hydrogen-bond donors (Lipinski definition) is 1. The Hall–Kier alpha value is -3.09. The van der Waals surface area contributed by atoms with Crippen molar-refractivity contribution in [3.63, 3.8) is 0 Å². The third-order valence-corrected chi connectivity index (χ3v) is 6.15. The fraction of sp³-hybridized carbons (Fsp3) is 0.381. The van der Waals surface area contributed by atoms with Gasteiger partial charge in [0.05, 0.1) is 5.39 Å². The predicted molar refractivity (Wildman–Crippen MR) is 106 cm³/mol. The molecule has 1 aliphatic carbocycles. The molecular weight excluding hydrogens is 354 g/mol. The molecule has 1 saturated heterocycles. The molecule has 7 nitrogen and oxygen atoms in total. The monoisotopic (exact) mass is 377 g/mol. The Balaban J connectivity index is 1.23. The highest BCUT2D eigenvalue weighted by Gasteiger charge is 2.44. The average Bonchev–Trinajstić information content (AvgIpc) is 3.42. The number of nitrogens with zero attached hydrogens (tertiary/aromatic N) is 4. The summed E-state index contributed by atoms with van der Waals surface area (Å²) in [6, 6.07) is 11.7. The molecule has 2 aliphatic rings. The van der Waals surface area contributed by atoms with Crippen molar-refractivity contribution in [3.8, 4) is 5.75 Å².